The minimum atomic E-state index is -0.985. The first-order valence-corrected chi connectivity index (χ1v) is 6.58. The van der Waals surface area contributed by atoms with Crippen LogP contribution >= 0.6 is 0 Å². The van der Waals surface area contributed by atoms with Gasteiger partial charge in [-0.15, -0.1) is 0 Å². The summed E-state index contributed by atoms with van der Waals surface area (Å²) in [5, 5.41) is 9.24. The first-order valence-electron chi connectivity index (χ1n) is 6.58. The van der Waals surface area contributed by atoms with Crippen LogP contribution in [0.3, 0.4) is 0 Å². The molecule has 5 heteroatoms. The summed E-state index contributed by atoms with van der Waals surface area (Å²) in [4.78, 5) is 25.2. The van der Waals surface area contributed by atoms with Crippen LogP contribution in [-0.4, -0.2) is 47.7 Å². The van der Waals surface area contributed by atoms with E-state index < -0.39 is 12.0 Å². The Kier molecular flexibility index (Phi) is 4.09. The number of aryl methyl sites for hydroxylation is 2. The van der Waals surface area contributed by atoms with Crippen LogP contribution in [0.15, 0.2) is 18.2 Å². The van der Waals surface area contributed by atoms with Gasteiger partial charge in [-0.05, 0) is 37.1 Å². The Hall–Kier alpha value is -1.88. The van der Waals surface area contributed by atoms with Crippen LogP contribution in [-0.2, 0) is 9.53 Å². The van der Waals surface area contributed by atoms with Crippen LogP contribution in [0.5, 0.6) is 0 Å². The Morgan fingerprint density at radius 1 is 1.30 bits per heavy atom. The number of likely N-dealkylation sites (tertiary alicyclic amines) is 1. The van der Waals surface area contributed by atoms with Gasteiger partial charge in [0.25, 0.3) is 5.91 Å². The average molecular weight is 277 g/mol. The molecule has 20 heavy (non-hydrogen) atoms. The molecule has 108 valence electrons. The van der Waals surface area contributed by atoms with E-state index in [9.17, 15) is 14.7 Å². The van der Waals surface area contributed by atoms with Gasteiger partial charge in [-0.1, -0.05) is 6.07 Å². The van der Waals surface area contributed by atoms with E-state index in [1.807, 2.05) is 19.9 Å². The third kappa shape index (κ3) is 2.67. The summed E-state index contributed by atoms with van der Waals surface area (Å²) in [6, 6.07) is 4.61. The van der Waals surface area contributed by atoms with E-state index in [4.69, 9.17) is 4.74 Å². The fourth-order valence-electron chi connectivity index (χ4n) is 2.47. The van der Waals surface area contributed by atoms with E-state index >= 15 is 0 Å². The molecule has 1 aliphatic heterocycles. The quantitative estimate of drug-likeness (QED) is 0.911. The number of aliphatic carboxylic acids is 1. The summed E-state index contributed by atoms with van der Waals surface area (Å²) in [5.41, 5.74) is 2.65. The number of rotatable bonds is 3. The summed E-state index contributed by atoms with van der Waals surface area (Å²) in [7, 11) is 1.54. The molecule has 2 rings (SSSR count). The van der Waals surface area contributed by atoms with Crippen LogP contribution in [0.4, 0.5) is 0 Å². The zero-order valence-electron chi connectivity index (χ0n) is 11.9. The van der Waals surface area contributed by atoms with Crippen molar-refractivity contribution in [3.05, 3.63) is 34.9 Å². The number of methoxy groups -OCH3 is 1. The van der Waals surface area contributed by atoms with Crippen molar-refractivity contribution in [2.75, 3.05) is 13.7 Å². The van der Waals surface area contributed by atoms with Crippen molar-refractivity contribution in [3.8, 4) is 0 Å². The van der Waals surface area contributed by atoms with E-state index in [1.54, 1.807) is 12.1 Å². The molecule has 0 saturated carbocycles. The molecule has 1 aromatic rings. The molecule has 1 saturated heterocycles. The Bertz CT molecular complexity index is 541. The maximum Gasteiger partial charge on any atom is 0.326 e. The second-order valence-corrected chi connectivity index (χ2v) is 5.20. The molecule has 2 atom stereocenters. The van der Waals surface area contributed by atoms with E-state index in [1.165, 1.54) is 12.0 Å². The lowest BCUT2D eigenvalue weighted by Gasteiger charge is -2.21. The number of hydrogen-bond donors (Lipinski definition) is 1. The maximum absolute atomic E-state index is 12.5. The number of hydrogen-bond acceptors (Lipinski definition) is 3. The van der Waals surface area contributed by atoms with Gasteiger partial charge in [-0.25, -0.2) is 4.79 Å². The van der Waals surface area contributed by atoms with Crippen LogP contribution in [0, 0.1) is 13.8 Å². The minimum Gasteiger partial charge on any atom is -0.480 e. The molecule has 0 aromatic heterocycles. The first-order chi connectivity index (χ1) is 9.43. The van der Waals surface area contributed by atoms with Gasteiger partial charge in [0.2, 0.25) is 0 Å². The van der Waals surface area contributed by atoms with Gasteiger partial charge >= 0.3 is 5.97 Å². The van der Waals surface area contributed by atoms with Gasteiger partial charge in [0.05, 0.1) is 6.10 Å². The topological polar surface area (TPSA) is 66.8 Å². The number of carboxylic acids is 1. The second-order valence-electron chi connectivity index (χ2n) is 5.20. The zero-order valence-corrected chi connectivity index (χ0v) is 11.9. The molecule has 1 heterocycles. The van der Waals surface area contributed by atoms with Crippen molar-refractivity contribution in [2.45, 2.75) is 32.4 Å². The number of ether oxygens (including phenoxy) is 1. The monoisotopic (exact) mass is 277 g/mol. The third-order valence-corrected chi connectivity index (χ3v) is 3.90. The number of benzene rings is 1. The fraction of sp³-hybridized carbons (Fsp3) is 0.467. The number of amides is 1. The molecule has 1 aliphatic rings. The molecule has 2 unspecified atom stereocenters. The average Bonchev–Trinajstić information content (AvgIpc) is 2.85. The fourth-order valence-corrected chi connectivity index (χ4v) is 2.47. The van der Waals surface area contributed by atoms with E-state index in [2.05, 4.69) is 0 Å². The minimum absolute atomic E-state index is 0.216. The smallest absolute Gasteiger partial charge is 0.326 e. The summed E-state index contributed by atoms with van der Waals surface area (Å²) < 4.78 is 5.19. The van der Waals surface area contributed by atoms with E-state index in [0.29, 0.717) is 18.5 Å². The summed E-state index contributed by atoms with van der Waals surface area (Å²) in [5.74, 6) is -1.23. The van der Waals surface area contributed by atoms with Crippen LogP contribution in [0.1, 0.15) is 27.9 Å². The Morgan fingerprint density at radius 3 is 2.55 bits per heavy atom. The Morgan fingerprint density at radius 2 is 2.00 bits per heavy atom. The van der Waals surface area contributed by atoms with E-state index in [0.717, 1.165) is 11.1 Å². The highest BCUT2D eigenvalue weighted by atomic mass is 16.5. The molecule has 0 bridgehead atoms. The highest BCUT2D eigenvalue weighted by molar-refractivity contribution is 5.97. The number of carbonyl (C=O) groups excluding carboxylic acids is 1. The van der Waals surface area contributed by atoms with Gasteiger partial charge in [0.15, 0.2) is 0 Å². The van der Waals surface area contributed by atoms with Crippen molar-refractivity contribution in [1.82, 2.24) is 4.90 Å². The summed E-state index contributed by atoms with van der Waals surface area (Å²) >= 11 is 0. The zero-order chi connectivity index (χ0) is 14.9. The number of nitrogens with zero attached hydrogens (tertiary/aromatic N) is 1. The van der Waals surface area contributed by atoms with Gasteiger partial charge in [-0.3, -0.25) is 4.79 Å². The largest absolute Gasteiger partial charge is 0.480 e. The van der Waals surface area contributed by atoms with Crippen molar-refractivity contribution in [2.24, 2.45) is 0 Å². The van der Waals surface area contributed by atoms with Gasteiger partial charge in [-0.2, -0.15) is 0 Å². The predicted molar refractivity (Wildman–Crippen MR) is 73.8 cm³/mol. The maximum atomic E-state index is 12.5. The van der Waals surface area contributed by atoms with Crippen molar-refractivity contribution < 1.29 is 19.4 Å². The van der Waals surface area contributed by atoms with Gasteiger partial charge in [0, 0.05) is 25.6 Å². The molecule has 5 nitrogen and oxygen atoms in total. The van der Waals surface area contributed by atoms with Gasteiger partial charge in [0.1, 0.15) is 6.04 Å². The normalized spacial score (nSPS) is 22.1. The predicted octanol–water partition coefficient (Wildman–Crippen LogP) is 1.62. The molecular weight excluding hydrogens is 258 g/mol. The third-order valence-electron chi connectivity index (χ3n) is 3.90. The highest BCUT2D eigenvalue weighted by Crippen LogP contribution is 2.23. The summed E-state index contributed by atoms with van der Waals surface area (Å²) in [6.07, 6.45) is 0.120. The highest BCUT2D eigenvalue weighted by Gasteiger charge is 2.40. The van der Waals surface area contributed by atoms with Crippen LogP contribution in [0.2, 0.25) is 0 Å². The molecule has 0 spiro atoms. The van der Waals surface area contributed by atoms with Crippen LogP contribution < -0.4 is 0 Å². The first kappa shape index (κ1) is 14.5. The SMILES string of the molecule is COC1CC(C(=O)O)N(C(=O)c2ccc(C)c(C)c2)C1. The van der Waals surface area contributed by atoms with Crippen molar-refractivity contribution >= 4 is 11.9 Å². The lowest BCUT2D eigenvalue weighted by molar-refractivity contribution is -0.141. The van der Waals surface area contributed by atoms with Crippen LogP contribution in [0.25, 0.3) is 0 Å². The molecular formula is C15H19NO4. The molecule has 0 radical (unpaired) electrons. The lowest BCUT2D eigenvalue weighted by atomic mass is 10.1. The van der Waals surface area contributed by atoms with E-state index in [-0.39, 0.29) is 12.0 Å². The number of carboxylic acid groups (broad SMARTS) is 1. The molecule has 0 aliphatic carbocycles. The Labute approximate surface area is 118 Å². The lowest BCUT2D eigenvalue weighted by Crippen LogP contribution is -2.40. The Balaban J connectivity index is 2.26. The standard InChI is InChI=1S/C15H19NO4/c1-9-4-5-11(6-10(9)2)14(17)16-8-12(20-3)7-13(16)15(18)19/h4-6,12-13H,7-8H2,1-3H3,(H,18,19). The van der Waals surface area contributed by atoms with Crippen molar-refractivity contribution in [3.63, 3.8) is 0 Å². The molecule has 1 aromatic carbocycles. The second kappa shape index (κ2) is 5.63. The summed E-state index contributed by atoms with van der Waals surface area (Å²) in [6.45, 7) is 4.22. The molecule has 1 fully saturated rings. The van der Waals surface area contributed by atoms with Crippen molar-refractivity contribution in [1.29, 1.82) is 0 Å². The van der Waals surface area contributed by atoms with Gasteiger partial charge < -0.3 is 14.7 Å². The number of carbonyl (C=O) groups is 2. The molecule has 1 N–H and O–H groups in total. The molecule has 1 amide bonds.